The lowest BCUT2D eigenvalue weighted by Gasteiger charge is -2.39. The van der Waals surface area contributed by atoms with E-state index in [9.17, 15) is 9.59 Å². The Morgan fingerprint density at radius 1 is 1.44 bits per heavy atom. The van der Waals surface area contributed by atoms with Crippen molar-refractivity contribution in [3.63, 3.8) is 0 Å². The van der Waals surface area contributed by atoms with Gasteiger partial charge >= 0.3 is 0 Å². The van der Waals surface area contributed by atoms with Gasteiger partial charge < -0.3 is 9.80 Å². The Labute approximate surface area is 167 Å². The summed E-state index contributed by atoms with van der Waals surface area (Å²) in [6, 6.07) is -0.303. The summed E-state index contributed by atoms with van der Waals surface area (Å²) in [5, 5.41) is 0.983. The molecule has 2 fully saturated rings. The summed E-state index contributed by atoms with van der Waals surface area (Å²) in [4.78, 5) is 31.1. The molecule has 2 amide bonds. The second-order valence-corrected chi connectivity index (χ2v) is 9.03. The molecule has 2 rings (SSSR count). The number of amides is 2. The minimum atomic E-state index is -0.380. The van der Waals surface area contributed by atoms with Crippen molar-refractivity contribution in [3.8, 4) is 11.8 Å². The van der Waals surface area contributed by atoms with Gasteiger partial charge in [0.15, 0.2) is 0 Å². The fraction of sp³-hybridized carbons (Fsp3) is 0.667. The molecule has 0 spiro atoms. The molecule has 0 radical (unpaired) electrons. The van der Waals surface area contributed by atoms with Crippen LogP contribution in [-0.2, 0) is 9.59 Å². The maximum atomic E-state index is 12.9. The zero-order valence-electron chi connectivity index (χ0n) is 15.5. The SMILES string of the molecule is CC/C=C(\SI)N1CC2CCC(C1=O)N2C(=O)C#CC(C)(C)N(C)C. The van der Waals surface area contributed by atoms with Crippen LogP contribution in [0.4, 0.5) is 0 Å². The molecule has 7 heteroatoms. The average Bonchev–Trinajstić information content (AvgIpc) is 2.91. The number of carbonyl (C=O) groups excluding carboxylic acids is 2. The Balaban J connectivity index is 2.20. The Hall–Kier alpha value is -0.720. The Bertz CT molecular complexity index is 636. The van der Waals surface area contributed by atoms with Crippen molar-refractivity contribution in [1.82, 2.24) is 14.7 Å². The highest BCUT2D eigenvalue weighted by Gasteiger charge is 2.48. The van der Waals surface area contributed by atoms with E-state index in [1.165, 1.54) is 0 Å². The van der Waals surface area contributed by atoms with Crippen LogP contribution in [0.1, 0.15) is 40.0 Å². The smallest absolute Gasteiger partial charge is 0.299 e. The summed E-state index contributed by atoms with van der Waals surface area (Å²) in [7, 11) is 5.44. The second kappa shape index (κ2) is 8.31. The van der Waals surface area contributed by atoms with Crippen LogP contribution < -0.4 is 0 Å². The number of halogens is 1. The maximum absolute atomic E-state index is 12.9. The third-order valence-electron chi connectivity index (χ3n) is 5.00. The first kappa shape index (κ1) is 20.6. The highest BCUT2D eigenvalue weighted by atomic mass is 127. The summed E-state index contributed by atoms with van der Waals surface area (Å²) >= 11 is 2.21. The van der Waals surface area contributed by atoms with E-state index in [1.807, 2.05) is 37.7 Å². The number of hydrogen-bond acceptors (Lipinski definition) is 4. The van der Waals surface area contributed by atoms with Crippen molar-refractivity contribution in [2.75, 3.05) is 20.6 Å². The predicted octanol–water partition coefficient (Wildman–Crippen LogP) is 2.87. The fourth-order valence-electron chi connectivity index (χ4n) is 3.03. The van der Waals surface area contributed by atoms with Crippen molar-refractivity contribution >= 4 is 42.0 Å². The van der Waals surface area contributed by atoms with E-state index in [0.29, 0.717) is 6.54 Å². The van der Waals surface area contributed by atoms with Gasteiger partial charge in [-0.3, -0.25) is 14.5 Å². The largest absolute Gasteiger partial charge is 0.315 e. The summed E-state index contributed by atoms with van der Waals surface area (Å²) in [6.07, 6.45) is 4.56. The molecular formula is C18H26IN3O2S. The molecule has 25 heavy (non-hydrogen) atoms. The van der Waals surface area contributed by atoms with E-state index in [0.717, 1.165) is 24.3 Å². The van der Waals surface area contributed by atoms with Gasteiger partial charge in [-0.25, -0.2) is 0 Å². The lowest BCUT2D eigenvalue weighted by molar-refractivity contribution is -0.146. The number of hydrogen-bond donors (Lipinski definition) is 0. The van der Waals surface area contributed by atoms with Crippen LogP contribution in [0.3, 0.4) is 0 Å². The minimum absolute atomic E-state index is 0.0274. The number of allylic oxidation sites excluding steroid dienone is 1. The third-order valence-corrected chi connectivity index (χ3v) is 6.90. The standard InChI is InChI=1S/C18H26IN3O2S/c1-6-7-16(25-19)21-12-13-8-9-14(17(21)24)22(13)15(23)10-11-18(2,3)20(4)5/h7,13-14H,6,8-9,12H2,1-5H3/b16-7-. The van der Waals surface area contributed by atoms with E-state index in [2.05, 4.69) is 46.0 Å². The van der Waals surface area contributed by atoms with E-state index in [-0.39, 0.29) is 29.4 Å². The van der Waals surface area contributed by atoms with Gasteiger partial charge in [-0.15, -0.1) is 0 Å². The number of carbonyl (C=O) groups is 2. The van der Waals surface area contributed by atoms with Gasteiger partial charge in [-0.1, -0.05) is 18.9 Å². The van der Waals surface area contributed by atoms with Crippen LogP contribution in [0.2, 0.25) is 0 Å². The lowest BCUT2D eigenvalue weighted by Crippen LogP contribution is -2.58. The topological polar surface area (TPSA) is 43.9 Å². The third kappa shape index (κ3) is 4.34. The summed E-state index contributed by atoms with van der Waals surface area (Å²) in [5.74, 6) is 5.63. The predicted molar refractivity (Wildman–Crippen MR) is 111 cm³/mol. The molecule has 0 N–H and O–H groups in total. The van der Waals surface area contributed by atoms with Gasteiger partial charge in [0.25, 0.3) is 5.91 Å². The summed E-state index contributed by atoms with van der Waals surface area (Å²) in [5.41, 5.74) is -0.380. The molecule has 2 saturated heterocycles. The van der Waals surface area contributed by atoms with Gasteiger partial charge in [0.05, 0.1) is 16.6 Å². The lowest BCUT2D eigenvalue weighted by atomic mass is 10.1. The molecule has 2 heterocycles. The van der Waals surface area contributed by atoms with Crippen LogP contribution >= 0.6 is 30.1 Å². The van der Waals surface area contributed by atoms with Gasteiger partial charge in [0, 0.05) is 27.8 Å². The average molecular weight is 475 g/mol. The van der Waals surface area contributed by atoms with Crippen LogP contribution in [0.15, 0.2) is 11.1 Å². The van der Waals surface area contributed by atoms with Crippen molar-refractivity contribution in [3.05, 3.63) is 11.1 Å². The molecule has 0 saturated carbocycles. The number of nitrogens with zero attached hydrogens (tertiary/aromatic N) is 3. The molecule has 0 aromatic rings. The molecule has 2 aliphatic rings. The zero-order valence-corrected chi connectivity index (χ0v) is 18.5. The summed E-state index contributed by atoms with van der Waals surface area (Å²) in [6.45, 7) is 6.59. The number of likely N-dealkylation sites (tertiary alicyclic amines) is 1. The number of piperazine rings is 1. The Morgan fingerprint density at radius 2 is 2.12 bits per heavy atom. The molecule has 2 unspecified atom stereocenters. The fourth-order valence-corrected chi connectivity index (χ4v) is 4.76. The number of fused-ring (bicyclic) bond motifs is 2. The Morgan fingerprint density at radius 3 is 2.68 bits per heavy atom. The molecule has 2 bridgehead atoms. The van der Waals surface area contributed by atoms with Crippen molar-refractivity contribution in [2.24, 2.45) is 0 Å². The molecule has 0 aliphatic carbocycles. The molecule has 5 nitrogen and oxygen atoms in total. The molecule has 0 aromatic carbocycles. The van der Waals surface area contributed by atoms with Crippen LogP contribution in [-0.4, -0.2) is 64.8 Å². The number of rotatable bonds is 4. The first-order chi connectivity index (χ1) is 11.7. The van der Waals surface area contributed by atoms with E-state index in [4.69, 9.17) is 0 Å². The highest BCUT2D eigenvalue weighted by molar-refractivity contribution is 14.2. The van der Waals surface area contributed by atoms with Gasteiger partial charge in [0.1, 0.15) is 6.04 Å². The van der Waals surface area contributed by atoms with Crippen LogP contribution in [0, 0.1) is 11.8 Å². The Kier molecular flexibility index (Phi) is 6.85. The van der Waals surface area contributed by atoms with Crippen molar-refractivity contribution < 1.29 is 9.59 Å². The monoisotopic (exact) mass is 475 g/mol. The zero-order chi connectivity index (χ0) is 18.8. The molecular weight excluding hydrogens is 449 g/mol. The first-order valence-corrected chi connectivity index (χ1v) is 11.9. The summed E-state index contributed by atoms with van der Waals surface area (Å²) < 4.78 is 0. The quantitative estimate of drug-likeness (QED) is 0.464. The van der Waals surface area contributed by atoms with E-state index in [1.54, 1.807) is 13.8 Å². The highest BCUT2D eigenvalue weighted by Crippen LogP contribution is 2.37. The normalized spacial score (nSPS) is 23.8. The first-order valence-electron chi connectivity index (χ1n) is 8.56. The van der Waals surface area contributed by atoms with Crippen molar-refractivity contribution in [2.45, 2.75) is 57.7 Å². The molecule has 2 atom stereocenters. The molecule has 2 aliphatic heterocycles. The molecule has 138 valence electrons. The van der Waals surface area contributed by atoms with Crippen LogP contribution in [0.25, 0.3) is 0 Å². The van der Waals surface area contributed by atoms with Crippen molar-refractivity contribution in [1.29, 1.82) is 0 Å². The van der Waals surface area contributed by atoms with Gasteiger partial charge in [0.2, 0.25) is 5.91 Å². The minimum Gasteiger partial charge on any atom is -0.315 e. The second-order valence-electron chi connectivity index (χ2n) is 7.14. The van der Waals surface area contributed by atoms with Gasteiger partial charge in [-0.05, 0) is 62.1 Å². The van der Waals surface area contributed by atoms with Crippen LogP contribution in [0.5, 0.6) is 0 Å². The van der Waals surface area contributed by atoms with Gasteiger partial charge in [-0.2, -0.15) is 0 Å². The van der Waals surface area contributed by atoms with E-state index < -0.39 is 0 Å². The molecule has 0 aromatic heterocycles. The van der Waals surface area contributed by atoms with E-state index >= 15 is 0 Å². The maximum Gasteiger partial charge on any atom is 0.299 e.